The highest BCUT2D eigenvalue weighted by Gasteiger charge is 2.24. The van der Waals surface area contributed by atoms with Crippen molar-refractivity contribution in [3.63, 3.8) is 0 Å². The van der Waals surface area contributed by atoms with Gasteiger partial charge in [-0.15, -0.1) is 0 Å². The lowest BCUT2D eigenvalue weighted by molar-refractivity contribution is 0.0742. The minimum absolute atomic E-state index is 0.00921. The summed E-state index contributed by atoms with van der Waals surface area (Å²) in [4.78, 5) is 14.1. The molecule has 0 aliphatic carbocycles. The molecule has 0 saturated heterocycles. The second kappa shape index (κ2) is 8.18. The largest absolute Gasteiger partial charge is 0.335 e. The highest BCUT2D eigenvalue weighted by Crippen LogP contribution is 2.27. The van der Waals surface area contributed by atoms with E-state index in [1.54, 1.807) is 13.0 Å². The smallest absolute Gasteiger partial charge is 0.255 e. The average molecular weight is 446 g/mol. The molecule has 11 heteroatoms. The van der Waals surface area contributed by atoms with Crippen LogP contribution in [0.3, 0.4) is 0 Å². The van der Waals surface area contributed by atoms with Gasteiger partial charge in [0.1, 0.15) is 0 Å². The third-order valence-electron chi connectivity index (χ3n) is 4.32. The Morgan fingerprint density at radius 2 is 1.75 bits per heavy atom. The number of sulfonamides is 2. The summed E-state index contributed by atoms with van der Waals surface area (Å²) >= 11 is 6.11. The van der Waals surface area contributed by atoms with Gasteiger partial charge in [-0.05, 0) is 49.9 Å². The zero-order valence-corrected chi connectivity index (χ0v) is 17.8. The van der Waals surface area contributed by atoms with Crippen molar-refractivity contribution in [3.05, 3.63) is 58.6 Å². The number of carbonyl (C=O) groups is 1. The Kier molecular flexibility index (Phi) is 6.51. The van der Waals surface area contributed by atoms with Crippen LogP contribution in [0.4, 0.5) is 0 Å². The minimum atomic E-state index is -3.89. The van der Waals surface area contributed by atoms with Crippen LogP contribution >= 0.6 is 11.6 Å². The quantitative estimate of drug-likeness (QED) is 0.700. The minimum Gasteiger partial charge on any atom is -0.335 e. The highest BCUT2D eigenvalue weighted by molar-refractivity contribution is 7.89. The van der Waals surface area contributed by atoms with E-state index in [1.807, 2.05) is 0 Å². The second-order valence-electron chi connectivity index (χ2n) is 6.06. The van der Waals surface area contributed by atoms with E-state index in [0.717, 1.165) is 0 Å². The predicted octanol–water partition coefficient (Wildman–Crippen LogP) is 1.73. The molecule has 2 rings (SSSR count). The topological polar surface area (TPSA) is 127 Å². The van der Waals surface area contributed by atoms with Gasteiger partial charge in [0, 0.05) is 7.05 Å². The fraction of sp³-hybridized carbons (Fsp3) is 0.235. The molecule has 0 aliphatic rings. The van der Waals surface area contributed by atoms with Crippen LogP contribution in [0.5, 0.6) is 0 Å². The molecule has 152 valence electrons. The van der Waals surface area contributed by atoms with Crippen LogP contribution in [-0.4, -0.2) is 41.7 Å². The third-order valence-corrected chi connectivity index (χ3v) is 6.97. The lowest BCUT2D eigenvalue weighted by Gasteiger charge is -2.26. The molecule has 1 atom stereocenters. The fourth-order valence-electron chi connectivity index (χ4n) is 2.49. The summed E-state index contributed by atoms with van der Waals surface area (Å²) in [5.74, 6) is -0.522. The summed E-state index contributed by atoms with van der Waals surface area (Å²) < 4.78 is 49.3. The van der Waals surface area contributed by atoms with E-state index < -0.39 is 32.0 Å². The number of hydrogen-bond donors (Lipinski definition) is 2. The van der Waals surface area contributed by atoms with E-state index in [9.17, 15) is 21.6 Å². The molecule has 0 radical (unpaired) electrons. The van der Waals surface area contributed by atoms with Gasteiger partial charge in [0.05, 0.1) is 26.4 Å². The highest BCUT2D eigenvalue weighted by atomic mass is 35.5. The Morgan fingerprint density at radius 3 is 2.32 bits per heavy atom. The lowest BCUT2D eigenvalue weighted by Crippen LogP contribution is -2.30. The molecule has 28 heavy (non-hydrogen) atoms. The van der Waals surface area contributed by atoms with Gasteiger partial charge < -0.3 is 4.90 Å². The van der Waals surface area contributed by atoms with Gasteiger partial charge in [0.25, 0.3) is 5.91 Å². The summed E-state index contributed by atoms with van der Waals surface area (Å²) in [7, 11) is -4.87. The van der Waals surface area contributed by atoms with Crippen molar-refractivity contribution in [1.29, 1.82) is 0 Å². The molecule has 0 spiro atoms. The first-order chi connectivity index (χ1) is 12.9. The third kappa shape index (κ3) is 4.70. The standard InChI is InChI=1S/C17H20ClN3O5S2/c1-11(12-5-4-6-13(9-12)27(19,23)24)21(3)17(22)15-10-14(7-8-16(15)18)28(25,26)20-2/h4-11,20H,1-3H3,(H2,19,23,24). The number of halogens is 1. The first kappa shape index (κ1) is 22.3. The zero-order valence-electron chi connectivity index (χ0n) is 15.4. The number of nitrogens with one attached hydrogen (secondary N) is 1. The number of rotatable bonds is 6. The van der Waals surface area contributed by atoms with Gasteiger partial charge in [-0.2, -0.15) is 0 Å². The Labute approximate surface area is 169 Å². The number of hydrogen-bond acceptors (Lipinski definition) is 5. The molecule has 0 aliphatic heterocycles. The van der Waals surface area contributed by atoms with Gasteiger partial charge in [0.2, 0.25) is 20.0 Å². The number of benzene rings is 2. The van der Waals surface area contributed by atoms with Crippen molar-refractivity contribution in [2.45, 2.75) is 22.8 Å². The lowest BCUT2D eigenvalue weighted by atomic mass is 10.1. The van der Waals surface area contributed by atoms with Gasteiger partial charge in [0.15, 0.2) is 0 Å². The number of nitrogens with two attached hydrogens (primary N) is 1. The van der Waals surface area contributed by atoms with Crippen molar-refractivity contribution in [2.75, 3.05) is 14.1 Å². The number of nitrogens with zero attached hydrogens (tertiary/aromatic N) is 1. The molecule has 1 amide bonds. The van der Waals surface area contributed by atoms with E-state index >= 15 is 0 Å². The molecule has 2 aromatic carbocycles. The van der Waals surface area contributed by atoms with Crippen LogP contribution < -0.4 is 9.86 Å². The van der Waals surface area contributed by atoms with Crippen molar-refractivity contribution < 1.29 is 21.6 Å². The Morgan fingerprint density at radius 1 is 1.11 bits per heavy atom. The van der Waals surface area contributed by atoms with E-state index in [2.05, 4.69) is 4.72 Å². The molecule has 0 aromatic heterocycles. The predicted molar refractivity (Wildman–Crippen MR) is 106 cm³/mol. The Balaban J connectivity index is 2.41. The first-order valence-corrected chi connectivity index (χ1v) is 11.4. The molecular formula is C17H20ClN3O5S2. The van der Waals surface area contributed by atoms with Crippen LogP contribution in [0.1, 0.15) is 28.9 Å². The van der Waals surface area contributed by atoms with Crippen LogP contribution in [-0.2, 0) is 20.0 Å². The number of amides is 1. The van der Waals surface area contributed by atoms with E-state index in [4.69, 9.17) is 16.7 Å². The van der Waals surface area contributed by atoms with Crippen molar-refractivity contribution in [2.24, 2.45) is 5.14 Å². The molecule has 8 nitrogen and oxygen atoms in total. The second-order valence-corrected chi connectivity index (χ2v) is 9.91. The summed E-state index contributed by atoms with van der Waals surface area (Å²) in [6.07, 6.45) is 0. The first-order valence-electron chi connectivity index (χ1n) is 8.01. The Bertz CT molecular complexity index is 1120. The monoisotopic (exact) mass is 445 g/mol. The Hall–Kier alpha value is -1.98. The van der Waals surface area contributed by atoms with Crippen LogP contribution in [0.2, 0.25) is 5.02 Å². The molecule has 0 bridgehead atoms. The van der Waals surface area contributed by atoms with Crippen LogP contribution in [0.15, 0.2) is 52.3 Å². The molecule has 1 unspecified atom stereocenters. The van der Waals surface area contributed by atoms with Crippen LogP contribution in [0.25, 0.3) is 0 Å². The molecule has 0 heterocycles. The summed E-state index contributed by atoms with van der Waals surface area (Å²) in [6, 6.07) is 9.21. The molecular weight excluding hydrogens is 426 g/mol. The molecule has 2 aromatic rings. The fourth-order valence-corrected chi connectivity index (χ4v) is 4.02. The van der Waals surface area contributed by atoms with Gasteiger partial charge in [-0.1, -0.05) is 23.7 Å². The maximum absolute atomic E-state index is 12.9. The maximum atomic E-state index is 12.9. The summed E-state index contributed by atoms with van der Waals surface area (Å²) in [5, 5.41) is 5.25. The molecule has 0 fully saturated rings. The summed E-state index contributed by atoms with van der Waals surface area (Å²) in [5.41, 5.74) is 0.549. The van der Waals surface area contributed by atoms with E-state index in [-0.39, 0.29) is 20.4 Å². The van der Waals surface area contributed by atoms with Crippen molar-refractivity contribution in [3.8, 4) is 0 Å². The van der Waals surface area contributed by atoms with Gasteiger partial charge in [-0.3, -0.25) is 4.79 Å². The number of primary sulfonamides is 1. The molecule has 3 N–H and O–H groups in total. The molecule has 0 saturated carbocycles. The number of carbonyl (C=O) groups excluding carboxylic acids is 1. The maximum Gasteiger partial charge on any atom is 0.255 e. The van der Waals surface area contributed by atoms with E-state index in [0.29, 0.717) is 5.56 Å². The van der Waals surface area contributed by atoms with Crippen molar-refractivity contribution in [1.82, 2.24) is 9.62 Å². The van der Waals surface area contributed by atoms with Gasteiger partial charge >= 0.3 is 0 Å². The average Bonchev–Trinajstić information content (AvgIpc) is 2.65. The summed E-state index contributed by atoms with van der Waals surface area (Å²) in [6.45, 7) is 1.70. The normalized spacial score (nSPS) is 13.2. The SMILES string of the molecule is CNS(=O)(=O)c1ccc(Cl)c(C(=O)N(C)C(C)c2cccc(S(N)(=O)=O)c2)c1. The van der Waals surface area contributed by atoms with Crippen molar-refractivity contribution >= 4 is 37.6 Å². The zero-order chi connectivity index (χ0) is 21.3. The van der Waals surface area contributed by atoms with E-state index in [1.165, 1.54) is 55.4 Å². The van der Waals surface area contributed by atoms with Crippen LogP contribution in [0, 0.1) is 0 Å². The van der Waals surface area contributed by atoms with Gasteiger partial charge in [-0.25, -0.2) is 26.7 Å².